The maximum Gasteiger partial charge on any atom is 0.312 e. The second kappa shape index (κ2) is 8.74. The van der Waals surface area contributed by atoms with Crippen molar-refractivity contribution in [3.05, 3.63) is 41.7 Å². The minimum absolute atomic E-state index is 0.0290. The normalized spacial score (nSPS) is 13.5. The Morgan fingerprint density at radius 1 is 1.19 bits per heavy atom. The topological polar surface area (TPSA) is 100 Å². The number of halogens is 1. The zero-order chi connectivity index (χ0) is 22.9. The van der Waals surface area contributed by atoms with Gasteiger partial charge in [0.05, 0.1) is 0 Å². The van der Waals surface area contributed by atoms with Crippen LogP contribution in [0.2, 0.25) is 0 Å². The van der Waals surface area contributed by atoms with Gasteiger partial charge in [-0.2, -0.15) is 14.4 Å². The lowest BCUT2D eigenvalue weighted by Crippen LogP contribution is -2.30. The van der Waals surface area contributed by atoms with Gasteiger partial charge in [-0.05, 0) is 28.7 Å². The molecule has 0 saturated carbocycles. The molecule has 3 heterocycles. The number of benzene rings is 1. The van der Waals surface area contributed by atoms with Crippen LogP contribution in [0, 0.1) is 11.5 Å². The first kappa shape index (κ1) is 22.0. The molecule has 0 spiro atoms. The van der Waals surface area contributed by atoms with E-state index in [1.165, 1.54) is 0 Å². The number of anilines is 1. The quantitative estimate of drug-likeness (QED) is 0.430. The highest BCUT2D eigenvalue weighted by Gasteiger charge is 2.20. The van der Waals surface area contributed by atoms with Gasteiger partial charge < -0.3 is 25.1 Å². The molecular weight excluding hydrogens is 411 g/mol. The minimum atomic E-state index is -0.864. The molecular formula is C23H29FN6O2. The number of aromatic nitrogens is 4. The summed E-state index contributed by atoms with van der Waals surface area (Å²) in [7, 11) is 0. The zero-order valence-corrected chi connectivity index (χ0v) is 18.7. The number of fused-ring (bicyclic) bond motifs is 2. The molecule has 0 saturated heterocycles. The molecule has 0 aliphatic carbocycles. The van der Waals surface area contributed by atoms with Gasteiger partial charge in [0.15, 0.2) is 28.5 Å². The van der Waals surface area contributed by atoms with Crippen LogP contribution in [0.25, 0.3) is 17.2 Å². The fraction of sp³-hybridized carbons (Fsp3) is 0.435. The Labute approximate surface area is 186 Å². The summed E-state index contributed by atoms with van der Waals surface area (Å²) >= 11 is 0. The van der Waals surface area contributed by atoms with Crippen LogP contribution in [0.1, 0.15) is 37.7 Å². The average molecular weight is 441 g/mol. The largest absolute Gasteiger partial charge is 0.486 e. The molecule has 4 rings (SSSR count). The fourth-order valence-corrected chi connectivity index (χ4v) is 3.72. The highest BCUT2D eigenvalue weighted by atomic mass is 19.1. The molecule has 0 unspecified atom stereocenters. The summed E-state index contributed by atoms with van der Waals surface area (Å²) < 4.78 is 27.3. The Bertz CT molecular complexity index is 1150. The van der Waals surface area contributed by atoms with Crippen molar-refractivity contribution in [2.24, 2.45) is 5.41 Å². The van der Waals surface area contributed by atoms with Crippen molar-refractivity contribution in [2.45, 2.75) is 33.7 Å². The van der Waals surface area contributed by atoms with Gasteiger partial charge in [-0.15, -0.1) is 0 Å². The van der Waals surface area contributed by atoms with Gasteiger partial charge in [-0.1, -0.05) is 33.4 Å². The van der Waals surface area contributed by atoms with Crippen molar-refractivity contribution in [3.63, 3.8) is 0 Å². The number of ether oxygens (including phenoxy) is 2. The Hall–Kier alpha value is -3.20. The summed E-state index contributed by atoms with van der Waals surface area (Å²) in [5.74, 6) is 2.13. The summed E-state index contributed by atoms with van der Waals surface area (Å²) in [5, 5.41) is 3.44. The minimum Gasteiger partial charge on any atom is -0.486 e. The number of nitrogens with one attached hydrogen (secondary N) is 1. The average Bonchev–Trinajstić information content (AvgIpc) is 3.07. The molecule has 0 bridgehead atoms. The SMILES string of the molecule is C=Cc1cc2c(cc1Cc1nc3c(N)nc(F)nc3n1CCNCC(C)(C)C)OCCO2. The lowest BCUT2D eigenvalue weighted by molar-refractivity contribution is 0.171. The van der Waals surface area contributed by atoms with Gasteiger partial charge >= 0.3 is 6.08 Å². The van der Waals surface area contributed by atoms with E-state index in [-0.39, 0.29) is 11.2 Å². The Morgan fingerprint density at radius 3 is 2.59 bits per heavy atom. The second-order valence-corrected chi connectivity index (χ2v) is 9.04. The van der Waals surface area contributed by atoms with E-state index >= 15 is 0 Å². The maximum atomic E-state index is 14.0. The Morgan fingerprint density at radius 2 is 1.91 bits per heavy atom. The van der Waals surface area contributed by atoms with E-state index in [4.69, 9.17) is 15.2 Å². The number of rotatable bonds is 7. The molecule has 1 aromatic carbocycles. The maximum absolute atomic E-state index is 14.0. The van der Waals surface area contributed by atoms with Crippen molar-refractivity contribution < 1.29 is 13.9 Å². The number of nitrogen functional groups attached to an aromatic ring is 1. The van der Waals surface area contributed by atoms with Gasteiger partial charge in [0.25, 0.3) is 0 Å². The van der Waals surface area contributed by atoms with Crippen molar-refractivity contribution in [1.29, 1.82) is 0 Å². The molecule has 1 aliphatic heterocycles. The van der Waals surface area contributed by atoms with E-state index in [1.807, 2.05) is 16.7 Å². The van der Waals surface area contributed by atoms with Crippen molar-refractivity contribution in [3.8, 4) is 11.5 Å². The Balaban J connectivity index is 1.70. The number of hydrogen-bond acceptors (Lipinski definition) is 7. The zero-order valence-electron chi connectivity index (χ0n) is 18.7. The molecule has 0 atom stereocenters. The molecule has 2 aromatic heterocycles. The van der Waals surface area contributed by atoms with Crippen LogP contribution in [0.3, 0.4) is 0 Å². The highest BCUT2D eigenvalue weighted by Crippen LogP contribution is 2.35. The lowest BCUT2D eigenvalue weighted by Gasteiger charge is -2.21. The fourth-order valence-electron chi connectivity index (χ4n) is 3.72. The third kappa shape index (κ3) is 4.67. The molecule has 0 radical (unpaired) electrons. The van der Waals surface area contributed by atoms with Crippen molar-refractivity contribution >= 4 is 23.1 Å². The van der Waals surface area contributed by atoms with E-state index in [0.29, 0.717) is 61.2 Å². The predicted octanol–water partition coefficient (Wildman–Crippen LogP) is 3.19. The van der Waals surface area contributed by atoms with Crippen LogP contribution < -0.4 is 20.5 Å². The first-order chi connectivity index (χ1) is 15.2. The number of nitrogens with two attached hydrogens (primary N) is 1. The monoisotopic (exact) mass is 440 g/mol. The van der Waals surface area contributed by atoms with E-state index in [9.17, 15) is 4.39 Å². The molecule has 1 aliphatic rings. The first-order valence-electron chi connectivity index (χ1n) is 10.7. The van der Waals surface area contributed by atoms with Gasteiger partial charge in [-0.3, -0.25) is 0 Å². The van der Waals surface area contributed by atoms with E-state index in [1.54, 1.807) is 6.08 Å². The molecule has 3 N–H and O–H groups in total. The van der Waals surface area contributed by atoms with Crippen LogP contribution in [0.5, 0.6) is 11.5 Å². The highest BCUT2D eigenvalue weighted by molar-refractivity contribution is 5.82. The van der Waals surface area contributed by atoms with Crippen LogP contribution in [0.4, 0.5) is 10.2 Å². The number of nitrogens with zero attached hydrogens (tertiary/aromatic N) is 4. The van der Waals surface area contributed by atoms with E-state index in [0.717, 1.165) is 17.7 Å². The second-order valence-electron chi connectivity index (χ2n) is 9.04. The van der Waals surface area contributed by atoms with Gasteiger partial charge in [-0.25, -0.2) is 4.98 Å². The summed E-state index contributed by atoms with van der Waals surface area (Å²) in [4.78, 5) is 12.3. The third-order valence-corrected chi connectivity index (χ3v) is 5.21. The molecule has 0 fully saturated rings. The first-order valence-corrected chi connectivity index (χ1v) is 10.7. The third-order valence-electron chi connectivity index (χ3n) is 5.21. The summed E-state index contributed by atoms with van der Waals surface area (Å²) in [6.07, 6.45) is 1.38. The smallest absolute Gasteiger partial charge is 0.312 e. The molecule has 3 aromatic rings. The summed E-state index contributed by atoms with van der Waals surface area (Å²) in [5.41, 5.74) is 8.79. The standard InChI is InChI=1S/C23H29FN6O2/c1-5-14-10-16-17(32-9-8-31-16)11-15(14)12-18-27-19-20(25)28-22(24)29-21(19)30(18)7-6-26-13-23(2,3)4/h5,10-11,26H,1,6-9,12-13H2,2-4H3,(H2,25,28,29). The van der Waals surface area contributed by atoms with Gasteiger partial charge in [0.2, 0.25) is 0 Å². The van der Waals surface area contributed by atoms with Crippen LogP contribution in [-0.2, 0) is 13.0 Å². The van der Waals surface area contributed by atoms with E-state index in [2.05, 4.69) is 47.6 Å². The number of imidazole rings is 1. The van der Waals surface area contributed by atoms with Crippen molar-refractivity contribution in [2.75, 3.05) is 32.0 Å². The van der Waals surface area contributed by atoms with E-state index < -0.39 is 6.08 Å². The number of hydrogen-bond donors (Lipinski definition) is 2. The van der Waals surface area contributed by atoms with Crippen molar-refractivity contribution in [1.82, 2.24) is 24.8 Å². The predicted molar refractivity (Wildman–Crippen MR) is 122 cm³/mol. The molecule has 8 nitrogen and oxygen atoms in total. The van der Waals surface area contributed by atoms with Crippen LogP contribution in [-0.4, -0.2) is 45.8 Å². The summed E-state index contributed by atoms with van der Waals surface area (Å²) in [6, 6.07) is 3.87. The summed E-state index contributed by atoms with van der Waals surface area (Å²) in [6.45, 7) is 13.5. The molecule has 9 heteroatoms. The van der Waals surface area contributed by atoms with Crippen LogP contribution in [0.15, 0.2) is 18.7 Å². The molecule has 170 valence electrons. The van der Waals surface area contributed by atoms with Gasteiger partial charge in [0.1, 0.15) is 19.0 Å². The van der Waals surface area contributed by atoms with Gasteiger partial charge in [0, 0.05) is 26.1 Å². The lowest BCUT2D eigenvalue weighted by atomic mass is 9.97. The molecule has 0 amide bonds. The van der Waals surface area contributed by atoms with Crippen LogP contribution >= 0.6 is 0 Å². The Kier molecular flexibility index (Phi) is 6.01. The molecule has 32 heavy (non-hydrogen) atoms.